The molecule has 1 nitrogen and oxygen atoms in total. The molecule has 13 heavy (non-hydrogen) atoms. The maximum absolute atomic E-state index is 5.98. The highest BCUT2D eigenvalue weighted by Gasteiger charge is 2.37. The van der Waals surface area contributed by atoms with Crippen LogP contribution >= 0.6 is 0 Å². The van der Waals surface area contributed by atoms with Gasteiger partial charge in [-0.1, -0.05) is 27.7 Å². The quantitative estimate of drug-likeness (QED) is 0.714. The van der Waals surface area contributed by atoms with Crippen LogP contribution in [0.1, 0.15) is 53.4 Å². The Labute approximate surface area is 83.1 Å². The summed E-state index contributed by atoms with van der Waals surface area (Å²) in [6.07, 6.45) is 5.16. The zero-order chi connectivity index (χ0) is 10.1. The highest BCUT2D eigenvalue weighted by Crippen LogP contribution is 2.45. The third-order valence-corrected chi connectivity index (χ3v) is 3.83. The molecular formula is C12H25N. The van der Waals surface area contributed by atoms with Crippen LogP contribution in [0.25, 0.3) is 0 Å². The lowest BCUT2D eigenvalue weighted by Crippen LogP contribution is -2.26. The molecule has 1 aliphatic rings. The summed E-state index contributed by atoms with van der Waals surface area (Å²) in [5.41, 5.74) is 6.51. The molecule has 0 saturated heterocycles. The van der Waals surface area contributed by atoms with Crippen molar-refractivity contribution in [2.45, 2.75) is 59.4 Å². The number of nitrogens with two attached hydrogens (primary N) is 1. The predicted molar refractivity (Wildman–Crippen MR) is 58.6 cm³/mol. The third-order valence-electron chi connectivity index (χ3n) is 3.83. The summed E-state index contributed by atoms with van der Waals surface area (Å²) in [5.74, 6) is 1.66. The second-order valence-corrected chi connectivity index (χ2v) is 5.69. The second kappa shape index (κ2) is 4.00. The van der Waals surface area contributed by atoms with E-state index in [4.69, 9.17) is 5.73 Å². The monoisotopic (exact) mass is 183 g/mol. The van der Waals surface area contributed by atoms with E-state index < -0.39 is 0 Å². The molecule has 3 atom stereocenters. The summed E-state index contributed by atoms with van der Waals surface area (Å²) in [5, 5.41) is 0. The van der Waals surface area contributed by atoms with E-state index >= 15 is 0 Å². The van der Waals surface area contributed by atoms with Crippen molar-refractivity contribution in [2.24, 2.45) is 23.0 Å². The zero-order valence-corrected chi connectivity index (χ0v) is 9.64. The van der Waals surface area contributed by atoms with E-state index in [0.29, 0.717) is 11.5 Å². The second-order valence-electron chi connectivity index (χ2n) is 5.69. The molecule has 0 heterocycles. The first kappa shape index (κ1) is 11.0. The molecule has 2 N–H and O–H groups in total. The van der Waals surface area contributed by atoms with E-state index in [1.54, 1.807) is 0 Å². The molecule has 1 fully saturated rings. The van der Waals surface area contributed by atoms with Crippen molar-refractivity contribution in [2.75, 3.05) is 0 Å². The van der Waals surface area contributed by atoms with E-state index in [0.717, 1.165) is 11.8 Å². The lowest BCUT2D eigenvalue weighted by molar-refractivity contribution is 0.179. The van der Waals surface area contributed by atoms with Crippen molar-refractivity contribution in [3.63, 3.8) is 0 Å². The van der Waals surface area contributed by atoms with Crippen LogP contribution < -0.4 is 5.73 Å². The van der Waals surface area contributed by atoms with E-state index in [-0.39, 0.29) is 0 Å². The molecule has 1 saturated carbocycles. The Kier molecular flexibility index (Phi) is 3.39. The predicted octanol–water partition coefficient (Wildman–Crippen LogP) is 3.19. The Morgan fingerprint density at radius 1 is 1.38 bits per heavy atom. The van der Waals surface area contributed by atoms with Gasteiger partial charge < -0.3 is 5.73 Å². The van der Waals surface area contributed by atoms with Gasteiger partial charge in [-0.15, -0.1) is 0 Å². The molecule has 1 rings (SSSR count). The molecule has 0 aromatic rings. The van der Waals surface area contributed by atoms with Gasteiger partial charge in [0.2, 0.25) is 0 Å². The fraction of sp³-hybridized carbons (Fsp3) is 1.00. The van der Waals surface area contributed by atoms with Crippen molar-refractivity contribution < 1.29 is 0 Å². The van der Waals surface area contributed by atoms with Gasteiger partial charge in [-0.05, 0) is 42.9 Å². The molecular weight excluding hydrogens is 158 g/mol. The van der Waals surface area contributed by atoms with Gasteiger partial charge in [0.05, 0.1) is 0 Å². The van der Waals surface area contributed by atoms with Crippen LogP contribution in [0.5, 0.6) is 0 Å². The van der Waals surface area contributed by atoms with E-state index in [1.807, 2.05) is 0 Å². The van der Waals surface area contributed by atoms with Crippen LogP contribution in [0.15, 0.2) is 0 Å². The fourth-order valence-corrected chi connectivity index (χ4v) is 2.76. The minimum absolute atomic E-state index is 0.472. The molecule has 3 unspecified atom stereocenters. The smallest absolute Gasteiger partial charge is 0.00443 e. The van der Waals surface area contributed by atoms with E-state index in [2.05, 4.69) is 27.7 Å². The number of rotatable bonds is 3. The molecule has 1 heteroatoms. The molecule has 0 spiro atoms. The van der Waals surface area contributed by atoms with Crippen LogP contribution in [-0.4, -0.2) is 6.04 Å². The van der Waals surface area contributed by atoms with Gasteiger partial charge >= 0.3 is 0 Å². The first-order chi connectivity index (χ1) is 5.94. The average Bonchev–Trinajstić information content (AvgIpc) is 2.31. The maximum Gasteiger partial charge on any atom is 0.00443 e. The largest absolute Gasteiger partial charge is 0.328 e. The first-order valence-electron chi connectivity index (χ1n) is 5.69. The lowest BCUT2D eigenvalue weighted by Gasteiger charge is -2.32. The Bertz CT molecular complexity index is 165. The Morgan fingerprint density at radius 2 is 2.00 bits per heavy atom. The summed E-state index contributed by atoms with van der Waals surface area (Å²) >= 11 is 0. The number of hydrogen-bond acceptors (Lipinski definition) is 1. The molecule has 0 aromatic carbocycles. The zero-order valence-electron chi connectivity index (χ0n) is 9.64. The van der Waals surface area contributed by atoms with Crippen LogP contribution in [0.4, 0.5) is 0 Å². The first-order valence-corrected chi connectivity index (χ1v) is 5.69. The molecule has 0 amide bonds. The number of hydrogen-bond donors (Lipinski definition) is 1. The Hall–Kier alpha value is -0.0400. The standard InChI is InChI=1S/C12H25N/c1-9(2)7-10(3)12(4)6-5-11(13)8-12/h9-11H,5-8,13H2,1-4H3. The highest BCUT2D eigenvalue weighted by molar-refractivity contribution is 4.91. The maximum atomic E-state index is 5.98. The summed E-state index contributed by atoms with van der Waals surface area (Å²) in [6, 6.07) is 0.472. The average molecular weight is 183 g/mol. The van der Waals surface area contributed by atoms with Gasteiger partial charge in [-0.2, -0.15) is 0 Å². The Balaban J connectivity index is 2.49. The van der Waals surface area contributed by atoms with Crippen molar-refractivity contribution in [1.29, 1.82) is 0 Å². The lowest BCUT2D eigenvalue weighted by atomic mass is 9.73. The van der Waals surface area contributed by atoms with Crippen LogP contribution in [-0.2, 0) is 0 Å². The van der Waals surface area contributed by atoms with Crippen LogP contribution in [0, 0.1) is 17.3 Å². The van der Waals surface area contributed by atoms with E-state index in [9.17, 15) is 0 Å². The summed E-state index contributed by atoms with van der Waals surface area (Å²) in [6.45, 7) is 9.45. The summed E-state index contributed by atoms with van der Waals surface area (Å²) in [7, 11) is 0. The van der Waals surface area contributed by atoms with Gasteiger partial charge in [-0.3, -0.25) is 0 Å². The van der Waals surface area contributed by atoms with Gasteiger partial charge in [0.25, 0.3) is 0 Å². The molecule has 1 aliphatic carbocycles. The van der Waals surface area contributed by atoms with Crippen molar-refractivity contribution >= 4 is 0 Å². The van der Waals surface area contributed by atoms with Crippen molar-refractivity contribution in [1.82, 2.24) is 0 Å². The topological polar surface area (TPSA) is 26.0 Å². The van der Waals surface area contributed by atoms with Crippen molar-refractivity contribution in [3.05, 3.63) is 0 Å². The van der Waals surface area contributed by atoms with Crippen LogP contribution in [0.3, 0.4) is 0 Å². The Morgan fingerprint density at radius 3 is 2.38 bits per heavy atom. The van der Waals surface area contributed by atoms with E-state index in [1.165, 1.54) is 25.7 Å². The van der Waals surface area contributed by atoms with Gasteiger partial charge in [-0.25, -0.2) is 0 Å². The minimum Gasteiger partial charge on any atom is -0.328 e. The highest BCUT2D eigenvalue weighted by atomic mass is 14.7. The molecule has 0 radical (unpaired) electrons. The summed E-state index contributed by atoms with van der Waals surface area (Å²) < 4.78 is 0. The van der Waals surface area contributed by atoms with Gasteiger partial charge in [0, 0.05) is 6.04 Å². The normalized spacial score (nSPS) is 36.9. The summed E-state index contributed by atoms with van der Waals surface area (Å²) in [4.78, 5) is 0. The molecule has 0 bridgehead atoms. The fourth-order valence-electron chi connectivity index (χ4n) is 2.76. The third kappa shape index (κ3) is 2.70. The molecule has 0 aliphatic heterocycles. The molecule has 78 valence electrons. The minimum atomic E-state index is 0.472. The van der Waals surface area contributed by atoms with Crippen molar-refractivity contribution in [3.8, 4) is 0 Å². The SMILES string of the molecule is CC(C)CC(C)C1(C)CCC(N)C1. The molecule has 0 aromatic heterocycles. The van der Waals surface area contributed by atoms with Gasteiger partial charge in [0.15, 0.2) is 0 Å². The van der Waals surface area contributed by atoms with Crippen LogP contribution in [0.2, 0.25) is 0 Å². The van der Waals surface area contributed by atoms with Gasteiger partial charge in [0.1, 0.15) is 0 Å².